The molecule has 1 aromatic carbocycles. The molecule has 20 heavy (non-hydrogen) atoms. The molecule has 0 aliphatic heterocycles. The van der Waals surface area contributed by atoms with Gasteiger partial charge in [0.15, 0.2) is 5.82 Å². The molecule has 106 valence electrons. The van der Waals surface area contributed by atoms with E-state index in [0.29, 0.717) is 17.9 Å². The van der Waals surface area contributed by atoms with Gasteiger partial charge in [-0.25, -0.2) is 18.7 Å². The monoisotopic (exact) mass is 277 g/mol. The zero-order valence-corrected chi connectivity index (χ0v) is 11.7. The molecule has 0 aliphatic rings. The second-order valence-corrected chi connectivity index (χ2v) is 5.63. The molecule has 0 bridgehead atoms. The predicted molar refractivity (Wildman–Crippen MR) is 74.0 cm³/mol. The summed E-state index contributed by atoms with van der Waals surface area (Å²) in [6.07, 6.45) is 1.59. The van der Waals surface area contributed by atoms with Gasteiger partial charge in [0.25, 0.3) is 0 Å². The molecule has 0 atom stereocenters. The van der Waals surface area contributed by atoms with Crippen molar-refractivity contribution in [2.75, 3.05) is 0 Å². The van der Waals surface area contributed by atoms with Crippen molar-refractivity contribution < 1.29 is 8.78 Å². The van der Waals surface area contributed by atoms with Crippen molar-refractivity contribution >= 4 is 0 Å². The molecule has 2 aromatic rings. The number of halogens is 2. The van der Waals surface area contributed by atoms with Crippen molar-refractivity contribution in [1.82, 2.24) is 15.3 Å². The van der Waals surface area contributed by atoms with Crippen LogP contribution in [0.1, 0.15) is 26.5 Å². The van der Waals surface area contributed by atoms with Gasteiger partial charge in [-0.3, -0.25) is 0 Å². The van der Waals surface area contributed by atoms with Crippen LogP contribution in [-0.2, 0) is 6.54 Å². The molecule has 0 amide bonds. The predicted octanol–water partition coefficient (Wildman–Crippen LogP) is 3.31. The van der Waals surface area contributed by atoms with Crippen molar-refractivity contribution in [3.63, 3.8) is 0 Å². The summed E-state index contributed by atoms with van der Waals surface area (Å²) in [4.78, 5) is 8.39. The molecule has 1 aromatic heterocycles. The SMILES string of the molecule is CC(C)(C)NCc1ccnc(-c2cc(F)cc(F)c2)n1. The van der Waals surface area contributed by atoms with E-state index in [1.807, 2.05) is 0 Å². The zero-order chi connectivity index (χ0) is 14.8. The Morgan fingerprint density at radius 2 is 1.75 bits per heavy atom. The van der Waals surface area contributed by atoms with Gasteiger partial charge in [0.2, 0.25) is 0 Å². The summed E-state index contributed by atoms with van der Waals surface area (Å²) in [6, 6.07) is 5.05. The van der Waals surface area contributed by atoms with E-state index in [0.717, 1.165) is 11.8 Å². The van der Waals surface area contributed by atoms with E-state index >= 15 is 0 Å². The third-order valence-electron chi connectivity index (χ3n) is 2.63. The molecule has 0 radical (unpaired) electrons. The highest BCUT2D eigenvalue weighted by molar-refractivity contribution is 5.54. The maximum atomic E-state index is 13.2. The summed E-state index contributed by atoms with van der Waals surface area (Å²) in [5.41, 5.74) is 1.07. The molecule has 5 heteroatoms. The lowest BCUT2D eigenvalue weighted by Crippen LogP contribution is -2.35. The number of hydrogen-bond acceptors (Lipinski definition) is 3. The van der Waals surface area contributed by atoms with Crippen molar-refractivity contribution in [3.05, 3.63) is 47.8 Å². The molecular weight excluding hydrogens is 260 g/mol. The van der Waals surface area contributed by atoms with Crippen LogP contribution in [0.5, 0.6) is 0 Å². The molecular formula is C15H17F2N3. The van der Waals surface area contributed by atoms with Gasteiger partial charge in [0, 0.05) is 29.9 Å². The van der Waals surface area contributed by atoms with Crippen LogP contribution in [0.3, 0.4) is 0 Å². The first-order valence-electron chi connectivity index (χ1n) is 6.37. The van der Waals surface area contributed by atoms with Crippen LogP contribution >= 0.6 is 0 Å². The number of nitrogens with one attached hydrogen (secondary N) is 1. The van der Waals surface area contributed by atoms with Crippen LogP contribution in [0.15, 0.2) is 30.5 Å². The number of rotatable bonds is 3. The lowest BCUT2D eigenvalue weighted by molar-refractivity contribution is 0.421. The highest BCUT2D eigenvalue weighted by Crippen LogP contribution is 2.18. The van der Waals surface area contributed by atoms with E-state index in [1.165, 1.54) is 12.1 Å². The summed E-state index contributed by atoms with van der Waals surface area (Å²) < 4.78 is 26.4. The third kappa shape index (κ3) is 4.06. The average Bonchev–Trinajstić information content (AvgIpc) is 2.35. The number of nitrogens with zero attached hydrogens (tertiary/aromatic N) is 2. The molecule has 0 spiro atoms. The Balaban J connectivity index is 2.25. The molecule has 0 saturated carbocycles. The Bertz CT molecular complexity index is 586. The van der Waals surface area contributed by atoms with Gasteiger partial charge in [-0.05, 0) is 39.0 Å². The minimum Gasteiger partial charge on any atom is -0.306 e. The number of aromatic nitrogens is 2. The Hall–Kier alpha value is -1.88. The molecule has 1 N–H and O–H groups in total. The highest BCUT2D eigenvalue weighted by atomic mass is 19.1. The van der Waals surface area contributed by atoms with Crippen LogP contribution in [0.4, 0.5) is 8.78 Å². The van der Waals surface area contributed by atoms with Gasteiger partial charge >= 0.3 is 0 Å². The van der Waals surface area contributed by atoms with Crippen molar-refractivity contribution in [2.45, 2.75) is 32.9 Å². The average molecular weight is 277 g/mol. The minimum atomic E-state index is -0.637. The van der Waals surface area contributed by atoms with Crippen molar-refractivity contribution in [1.29, 1.82) is 0 Å². The molecule has 0 saturated heterocycles. The quantitative estimate of drug-likeness (QED) is 0.935. The summed E-state index contributed by atoms with van der Waals surface area (Å²) in [5, 5.41) is 3.30. The van der Waals surface area contributed by atoms with Crippen LogP contribution in [0.2, 0.25) is 0 Å². The second-order valence-electron chi connectivity index (χ2n) is 5.63. The van der Waals surface area contributed by atoms with Crippen LogP contribution in [0.25, 0.3) is 11.4 Å². The first kappa shape index (κ1) is 14.5. The smallest absolute Gasteiger partial charge is 0.159 e. The standard InChI is InChI=1S/C15H17F2N3/c1-15(2,3)19-9-13-4-5-18-14(20-13)10-6-11(16)8-12(17)7-10/h4-8,19H,9H2,1-3H3. The summed E-state index contributed by atoms with van der Waals surface area (Å²) >= 11 is 0. The van der Waals surface area contributed by atoms with E-state index in [4.69, 9.17) is 0 Å². The van der Waals surface area contributed by atoms with Crippen LogP contribution < -0.4 is 5.32 Å². The fraction of sp³-hybridized carbons (Fsp3) is 0.333. The molecule has 1 heterocycles. The van der Waals surface area contributed by atoms with Gasteiger partial charge in [-0.15, -0.1) is 0 Å². The van der Waals surface area contributed by atoms with Gasteiger partial charge in [-0.1, -0.05) is 0 Å². The van der Waals surface area contributed by atoms with Gasteiger partial charge in [0.05, 0.1) is 5.69 Å². The summed E-state index contributed by atoms with van der Waals surface area (Å²) in [7, 11) is 0. The Morgan fingerprint density at radius 1 is 1.10 bits per heavy atom. The summed E-state index contributed by atoms with van der Waals surface area (Å²) in [5.74, 6) is -0.958. The molecule has 0 aliphatic carbocycles. The molecule has 0 unspecified atom stereocenters. The number of hydrogen-bond donors (Lipinski definition) is 1. The van der Waals surface area contributed by atoms with E-state index in [2.05, 4.69) is 36.1 Å². The minimum absolute atomic E-state index is 0.0317. The van der Waals surface area contributed by atoms with Crippen LogP contribution in [0, 0.1) is 11.6 Å². The third-order valence-corrected chi connectivity index (χ3v) is 2.63. The fourth-order valence-corrected chi connectivity index (χ4v) is 1.67. The topological polar surface area (TPSA) is 37.8 Å². The fourth-order valence-electron chi connectivity index (χ4n) is 1.67. The summed E-state index contributed by atoms with van der Waals surface area (Å²) in [6.45, 7) is 6.72. The molecule has 0 fully saturated rings. The molecule has 3 nitrogen and oxygen atoms in total. The second kappa shape index (κ2) is 5.63. The largest absolute Gasteiger partial charge is 0.306 e. The maximum Gasteiger partial charge on any atom is 0.159 e. The van der Waals surface area contributed by atoms with Crippen molar-refractivity contribution in [3.8, 4) is 11.4 Å². The zero-order valence-electron chi connectivity index (χ0n) is 11.7. The van der Waals surface area contributed by atoms with E-state index < -0.39 is 11.6 Å². The lowest BCUT2D eigenvalue weighted by Gasteiger charge is -2.20. The van der Waals surface area contributed by atoms with Crippen molar-refractivity contribution in [2.24, 2.45) is 0 Å². The van der Waals surface area contributed by atoms with Gasteiger partial charge in [0.1, 0.15) is 11.6 Å². The van der Waals surface area contributed by atoms with E-state index in [-0.39, 0.29) is 5.54 Å². The first-order chi connectivity index (χ1) is 9.33. The Morgan fingerprint density at radius 3 is 2.35 bits per heavy atom. The highest BCUT2D eigenvalue weighted by Gasteiger charge is 2.10. The Kier molecular flexibility index (Phi) is 4.09. The van der Waals surface area contributed by atoms with Gasteiger partial charge in [-0.2, -0.15) is 0 Å². The number of benzene rings is 1. The van der Waals surface area contributed by atoms with Gasteiger partial charge < -0.3 is 5.32 Å². The molecule has 2 rings (SSSR count). The Labute approximate surface area is 117 Å². The normalized spacial score (nSPS) is 11.7. The maximum absolute atomic E-state index is 13.2. The van der Waals surface area contributed by atoms with E-state index in [1.54, 1.807) is 12.3 Å². The van der Waals surface area contributed by atoms with E-state index in [9.17, 15) is 8.78 Å². The first-order valence-corrected chi connectivity index (χ1v) is 6.37. The van der Waals surface area contributed by atoms with Crippen LogP contribution in [-0.4, -0.2) is 15.5 Å². The lowest BCUT2D eigenvalue weighted by atomic mass is 10.1.